The van der Waals surface area contributed by atoms with E-state index in [4.69, 9.17) is 5.11 Å². The molecule has 1 unspecified atom stereocenters. The average molecular weight is 308 g/mol. The number of hydrogen-bond acceptors (Lipinski definition) is 3. The van der Waals surface area contributed by atoms with Gasteiger partial charge >= 0.3 is 5.97 Å². The molecule has 0 aromatic carbocycles. The Morgan fingerprint density at radius 3 is 2.41 bits per heavy atom. The van der Waals surface area contributed by atoms with Crippen molar-refractivity contribution in [2.24, 2.45) is 11.3 Å². The minimum Gasteiger partial charge on any atom is -0.480 e. The molecular weight excluding hydrogens is 284 g/mol. The summed E-state index contributed by atoms with van der Waals surface area (Å²) < 4.78 is 1.47. The number of carbonyl (C=O) groups is 2. The molecule has 0 saturated heterocycles. The summed E-state index contributed by atoms with van der Waals surface area (Å²) in [5.41, 5.74) is -0.174. The summed E-state index contributed by atoms with van der Waals surface area (Å²) >= 11 is 0. The van der Waals surface area contributed by atoms with Crippen LogP contribution in [-0.2, 0) is 16.1 Å². The van der Waals surface area contributed by atoms with Gasteiger partial charge in [-0.3, -0.25) is 9.59 Å². The van der Waals surface area contributed by atoms with Gasteiger partial charge in [-0.05, 0) is 32.3 Å². The van der Waals surface area contributed by atoms with Gasteiger partial charge in [0.25, 0.3) is 5.56 Å². The van der Waals surface area contributed by atoms with Gasteiger partial charge in [0.05, 0.1) is 5.41 Å². The Kier molecular flexibility index (Phi) is 5.52. The van der Waals surface area contributed by atoms with Crippen LogP contribution < -0.4 is 10.9 Å². The monoisotopic (exact) mass is 308 g/mol. The van der Waals surface area contributed by atoms with E-state index in [1.54, 1.807) is 40.0 Å². The van der Waals surface area contributed by atoms with E-state index in [-0.39, 0.29) is 23.9 Å². The predicted octanol–water partition coefficient (Wildman–Crippen LogP) is 1.41. The molecule has 6 heteroatoms. The topological polar surface area (TPSA) is 88.4 Å². The number of nitrogens with zero attached hydrogens (tertiary/aromatic N) is 1. The van der Waals surface area contributed by atoms with Gasteiger partial charge in [-0.25, -0.2) is 4.79 Å². The molecule has 122 valence electrons. The number of carboxylic acids is 1. The highest BCUT2D eigenvalue weighted by Gasteiger charge is 2.33. The number of aryl methyl sites for hydroxylation is 1. The predicted molar refractivity (Wildman–Crippen MR) is 83.6 cm³/mol. The van der Waals surface area contributed by atoms with Gasteiger partial charge in [0.15, 0.2) is 0 Å². The number of aromatic nitrogens is 1. The van der Waals surface area contributed by atoms with Crippen molar-refractivity contribution in [3.05, 3.63) is 34.2 Å². The fourth-order valence-electron chi connectivity index (χ4n) is 2.12. The SMILES string of the molecule is Cc1ccc(=O)n(CC(C)(C)C(=O)NC(C(=O)O)C(C)C)c1. The fourth-order valence-corrected chi connectivity index (χ4v) is 2.12. The number of aliphatic carboxylic acids is 1. The van der Waals surface area contributed by atoms with Crippen LogP contribution in [0.3, 0.4) is 0 Å². The molecule has 1 heterocycles. The molecule has 0 saturated carbocycles. The zero-order chi connectivity index (χ0) is 17.1. The van der Waals surface area contributed by atoms with Crippen molar-refractivity contribution in [2.75, 3.05) is 0 Å². The molecule has 0 spiro atoms. The molecule has 1 aromatic heterocycles. The zero-order valence-electron chi connectivity index (χ0n) is 13.7. The van der Waals surface area contributed by atoms with Crippen molar-refractivity contribution in [3.63, 3.8) is 0 Å². The van der Waals surface area contributed by atoms with Crippen molar-refractivity contribution in [1.82, 2.24) is 9.88 Å². The van der Waals surface area contributed by atoms with Crippen LogP contribution in [0.1, 0.15) is 33.3 Å². The summed E-state index contributed by atoms with van der Waals surface area (Å²) in [6.45, 7) is 8.90. The molecule has 0 fully saturated rings. The Morgan fingerprint density at radius 2 is 1.91 bits per heavy atom. The van der Waals surface area contributed by atoms with E-state index in [0.29, 0.717) is 0 Å². The maximum atomic E-state index is 12.4. The Bertz CT molecular complexity index is 617. The van der Waals surface area contributed by atoms with Gasteiger partial charge < -0.3 is 15.0 Å². The molecule has 1 amide bonds. The normalized spacial score (nSPS) is 13.0. The molecule has 0 aliphatic carbocycles. The molecule has 1 atom stereocenters. The van der Waals surface area contributed by atoms with Gasteiger partial charge in [-0.15, -0.1) is 0 Å². The number of carboxylic acid groups (broad SMARTS) is 1. The first-order valence-corrected chi connectivity index (χ1v) is 7.25. The number of amides is 1. The lowest BCUT2D eigenvalue weighted by atomic mass is 9.90. The van der Waals surface area contributed by atoms with E-state index < -0.39 is 17.4 Å². The maximum Gasteiger partial charge on any atom is 0.326 e. The number of hydrogen-bond donors (Lipinski definition) is 2. The van der Waals surface area contributed by atoms with Gasteiger partial charge in [-0.2, -0.15) is 0 Å². The van der Waals surface area contributed by atoms with E-state index >= 15 is 0 Å². The van der Waals surface area contributed by atoms with Crippen LogP contribution >= 0.6 is 0 Å². The summed E-state index contributed by atoms with van der Waals surface area (Å²) in [7, 11) is 0. The summed E-state index contributed by atoms with van der Waals surface area (Å²) in [5.74, 6) is -1.67. The molecular formula is C16H24N2O4. The van der Waals surface area contributed by atoms with Crippen LogP contribution in [0.2, 0.25) is 0 Å². The molecule has 1 aromatic rings. The van der Waals surface area contributed by atoms with Crippen LogP contribution in [0.25, 0.3) is 0 Å². The maximum absolute atomic E-state index is 12.4. The molecule has 0 aliphatic rings. The highest BCUT2D eigenvalue weighted by molar-refractivity contribution is 5.87. The molecule has 0 aliphatic heterocycles. The third-order valence-electron chi connectivity index (χ3n) is 3.53. The van der Waals surface area contributed by atoms with E-state index in [9.17, 15) is 14.4 Å². The molecule has 1 rings (SSSR count). The second-order valence-corrected chi connectivity index (χ2v) is 6.59. The lowest BCUT2D eigenvalue weighted by Crippen LogP contribution is -2.50. The molecule has 6 nitrogen and oxygen atoms in total. The van der Waals surface area contributed by atoms with Gasteiger partial charge in [0, 0.05) is 18.8 Å². The minimum absolute atomic E-state index is 0.184. The lowest BCUT2D eigenvalue weighted by Gasteiger charge is -2.28. The fraction of sp³-hybridized carbons (Fsp3) is 0.562. The number of nitrogens with one attached hydrogen (secondary N) is 1. The highest BCUT2D eigenvalue weighted by atomic mass is 16.4. The first kappa shape index (κ1) is 17.9. The summed E-state index contributed by atoms with van der Waals surface area (Å²) in [5, 5.41) is 11.7. The van der Waals surface area contributed by atoms with E-state index in [1.165, 1.54) is 10.6 Å². The van der Waals surface area contributed by atoms with Crippen LogP contribution in [-0.4, -0.2) is 27.6 Å². The smallest absolute Gasteiger partial charge is 0.326 e. The van der Waals surface area contributed by atoms with Crippen LogP contribution in [0.4, 0.5) is 0 Å². The molecule has 0 radical (unpaired) electrons. The zero-order valence-corrected chi connectivity index (χ0v) is 13.7. The number of carbonyl (C=O) groups excluding carboxylic acids is 1. The summed E-state index contributed by atoms with van der Waals surface area (Å²) in [6.07, 6.45) is 1.69. The minimum atomic E-state index is -1.06. The van der Waals surface area contributed by atoms with Crippen LogP contribution in [0.15, 0.2) is 23.1 Å². The van der Waals surface area contributed by atoms with Crippen molar-refractivity contribution in [3.8, 4) is 0 Å². The van der Waals surface area contributed by atoms with Crippen molar-refractivity contribution in [1.29, 1.82) is 0 Å². The van der Waals surface area contributed by atoms with E-state index in [2.05, 4.69) is 5.32 Å². The summed E-state index contributed by atoms with van der Waals surface area (Å²) in [4.78, 5) is 35.4. The molecule has 22 heavy (non-hydrogen) atoms. The number of rotatable bonds is 6. The van der Waals surface area contributed by atoms with Gasteiger partial charge in [0.2, 0.25) is 5.91 Å². The summed E-state index contributed by atoms with van der Waals surface area (Å²) in [6, 6.07) is 2.23. The number of pyridine rings is 1. The van der Waals surface area contributed by atoms with Gasteiger partial charge in [0.1, 0.15) is 6.04 Å². The Morgan fingerprint density at radius 1 is 1.32 bits per heavy atom. The van der Waals surface area contributed by atoms with Crippen LogP contribution in [0, 0.1) is 18.3 Å². The first-order chi connectivity index (χ1) is 10.0. The van der Waals surface area contributed by atoms with Gasteiger partial charge in [-0.1, -0.05) is 19.9 Å². The quantitative estimate of drug-likeness (QED) is 0.831. The van der Waals surface area contributed by atoms with Crippen molar-refractivity contribution < 1.29 is 14.7 Å². The lowest BCUT2D eigenvalue weighted by molar-refractivity contribution is -0.145. The second kappa shape index (κ2) is 6.77. The third-order valence-corrected chi connectivity index (χ3v) is 3.53. The second-order valence-electron chi connectivity index (χ2n) is 6.59. The van der Waals surface area contributed by atoms with E-state index in [1.807, 2.05) is 6.92 Å². The first-order valence-electron chi connectivity index (χ1n) is 7.25. The standard InChI is InChI=1S/C16H24N2O4/c1-10(2)13(14(20)21)17-15(22)16(4,5)9-18-8-11(3)6-7-12(18)19/h6-8,10,13H,9H2,1-5H3,(H,17,22)(H,20,21). The third kappa shape index (κ3) is 4.44. The van der Waals surface area contributed by atoms with E-state index in [0.717, 1.165) is 5.56 Å². The average Bonchev–Trinajstić information content (AvgIpc) is 2.38. The van der Waals surface area contributed by atoms with Crippen molar-refractivity contribution in [2.45, 2.75) is 47.2 Å². The van der Waals surface area contributed by atoms with Crippen molar-refractivity contribution >= 4 is 11.9 Å². The Hall–Kier alpha value is -2.11. The largest absolute Gasteiger partial charge is 0.480 e. The molecule has 0 bridgehead atoms. The Balaban J connectivity index is 2.93. The Labute approximate surface area is 130 Å². The highest BCUT2D eigenvalue weighted by Crippen LogP contribution is 2.19. The van der Waals surface area contributed by atoms with Crippen LogP contribution in [0.5, 0.6) is 0 Å². The molecule has 2 N–H and O–H groups in total.